The second-order valence-corrected chi connectivity index (χ2v) is 5.05. The molecule has 2 N–H and O–H groups in total. The number of rotatable bonds is 3. The standard InChI is InChI=1S/C12H11BrClN3O2/c1-19-8-2-3-9(13)7(4-8)5-17-6-16-11(14)10(15)12(17)18/h2-4,6H,5,15H2,1H3. The molecule has 0 unspecified atom stereocenters. The van der Waals surface area contributed by atoms with Gasteiger partial charge in [-0.2, -0.15) is 0 Å². The van der Waals surface area contributed by atoms with Gasteiger partial charge in [-0.05, 0) is 23.8 Å². The summed E-state index contributed by atoms with van der Waals surface area (Å²) >= 11 is 9.12. The smallest absolute Gasteiger partial charge is 0.278 e. The minimum absolute atomic E-state index is 0.0194. The van der Waals surface area contributed by atoms with Crippen molar-refractivity contribution in [1.82, 2.24) is 9.55 Å². The molecular formula is C12H11BrClN3O2. The van der Waals surface area contributed by atoms with Gasteiger partial charge >= 0.3 is 0 Å². The second kappa shape index (κ2) is 5.63. The zero-order chi connectivity index (χ0) is 14.0. The lowest BCUT2D eigenvalue weighted by atomic mass is 10.2. The summed E-state index contributed by atoms with van der Waals surface area (Å²) < 4.78 is 7.41. The Morgan fingerprint density at radius 1 is 1.53 bits per heavy atom. The van der Waals surface area contributed by atoms with Crippen molar-refractivity contribution in [1.29, 1.82) is 0 Å². The average molecular weight is 345 g/mol. The van der Waals surface area contributed by atoms with Gasteiger partial charge in [-0.3, -0.25) is 9.36 Å². The largest absolute Gasteiger partial charge is 0.497 e. The number of aromatic nitrogens is 2. The fraction of sp³-hybridized carbons (Fsp3) is 0.167. The van der Waals surface area contributed by atoms with Crippen molar-refractivity contribution in [2.24, 2.45) is 0 Å². The Hall–Kier alpha value is -1.53. The van der Waals surface area contributed by atoms with E-state index in [4.69, 9.17) is 22.1 Å². The summed E-state index contributed by atoms with van der Waals surface area (Å²) in [4.78, 5) is 15.8. The van der Waals surface area contributed by atoms with E-state index in [1.54, 1.807) is 7.11 Å². The zero-order valence-electron chi connectivity index (χ0n) is 10.1. The van der Waals surface area contributed by atoms with E-state index in [1.165, 1.54) is 10.9 Å². The fourth-order valence-corrected chi connectivity index (χ4v) is 2.08. The predicted octanol–water partition coefficient (Wildman–Crippen LogP) is 2.30. The molecule has 1 heterocycles. The van der Waals surface area contributed by atoms with Crippen LogP contribution in [-0.4, -0.2) is 16.7 Å². The van der Waals surface area contributed by atoms with Gasteiger partial charge < -0.3 is 10.5 Å². The Morgan fingerprint density at radius 3 is 2.95 bits per heavy atom. The minimum Gasteiger partial charge on any atom is -0.497 e. The molecule has 100 valence electrons. The molecule has 0 atom stereocenters. The van der Waals surface area contributed by atoms with E-state index in [0.29, 0.717) is 12.3 Å². The summed E-state index contributed by atoms with van der Waals surface area (Å²) in [5, 5.41) is 0.0194. The Bertz CT molecular complexity index is 673. The van der Waals surface area contributed by atoms with E-state index in [9.17, 15) is 4.79 Å². The van der Waals surface area contributed by atoms with Gasteiger partial charge in [0.05, 0.1) is 20.0 Å². The molecule has 0 radical (unpaired) electrons. The number of benzene rings is 1. The highest BCUT2D eigenvalue weighted by Gasteiger charge is 2.09. The molecule has 0 aliphatic rings. The third kappa shape index (κ3) is 2.90. The molecule has 19 heavy (non-hydrogen) atoms. The molecule has 5 nitrogen and oxygen atoms in total. The number of methoxy groups -OCH3 is 1. The monoisotopic (exact) mass is 343 g/mol. The molecule has 0 spiro atoms. The van der Waals surface area contributed by atoms with E-state index in [2.05, 4.69) is 20.9 Å². The molecule has 0 aliphatic heterocycles. The van der Waals surface area contributed by atoms with Crippen molar-refractivity contribution in [2.75, 3.05) is 12.8 Å². The van der Waals surface area contributed by atoms with E-state index in [-0.39, 0.29) is 16.4 Å². The van der Waals surface area contributed by atoms with Crippen molar-refractivity contribution >= 4 is 33.2 Å². The van der Waals surface area contributed by atoms with Gasteiger partial charge in [0, 0.05) is 4.47 Å². The van der Waals surface area contributed by atoms with Gasteiger partial charge in [-0.1, -0.05) is 27.5 Å². The maximum Gasteiger partial charge on any atom is 0.278 e. The van der Waals surface area contributed by atoms with Crippen LogP contribution in [0.25, 0.3) is 0 Å². The SMILES string of the molecule is COc1ccc(Br)c(Cn2cnc(Cl)c(N)c2=O)c1. The quantitative estimate of drug-likeness (QED) is 0.867. The summed E-state index contributed by atoms with van der Waals surface area (Å²) in [6.45, 7) is 0.324. The first-order valence-electron chi connectivity index (χ1n) is 5.35. The average Bonchev–Trinajstić information content (AvgIpc) is 2.41. The topological polar surface area (TPSA) is 70.1 Å². The molecule has 7 heteroatoms. The first-order chi connectivity index (χ1) is 9.02. The van der Waals surface area contributed by atoms with Gasteiger partial charge in [-0.15, -0.1) is 0 Å². The van der Waals surface area contributed by atoms with Crippen LogP contribution in [0.1, 0.15) is 5.56 Å². The van der Waals surface area contributed by atoms with Crippen LogP contribution in [0.15, 0.2) is 33.8 Å². The van der Waals surface area contributed by atoms with Crippen LogP contribution in [0, 0.1) is 0 Å². The summed E-state index contributed by atoms with van der Waals surface area (Å²) in [5.74, 6) is 0.709. The number of ether oxygens (including phenoxy) is 1. The molecule has 0 aliphatic carbocycles. The maximum atomic E-state index is 11.9. The molecule has 2 rings (SSSR count). The molecule has 0 bridgehead atoms. The number of halogens is 2. The minimum atomic E-state index is -0.366. The van der Waals surface area contributed by atoms with Crippen LogP contribution >= 0.6 is 27.5 Å². The molecule has 0 saturated heterocycles. The van der Waals surface area contributed by atoms with Crippen molar-refractivity contribution < 1.29 is 4.74 Å². The van der Waals surface area contributed by atoms with E-state index in [1.807, 2.05) is 18.2 Å². The molecule has 0 fully saturated rings. The van der Waals surface area contributed by atoms with Crippen LogP contribution in [0.3, 0.4) is 0 Å². The number of hydrogen-bond acceptors (Lipinski definition) is 4. The predicted molar refractivity (Wildman–Crippen MR) is 77.7 cm³/mol. The maximum absolute atomic E-state index is 11.9. The van der Waals surface area contributed by atoms with Crippen molar-refractivity contribution in [3.05, 3.63) is 50.1 Å². The third-order valence-electron chi connectivity index (χ3n) is 2.62. The lowest BCUT2D eigenvalue weighted by Gasteiger charge is -2.10. The van der Waals surface area contributed by atoms with Crippen molar-refractivity contribution in [3.63, 3.8) is 0 Å². The molecule has 0 amide bonds. The molecule has 2 aromatic rings. The Balaban J connectivity index is 2.42. The fourth-order valence-electron chi connectivity index (χ4n) is 1.58. The number of nitrogen functional groups attached to an aromatic ring is 1. The van der Waals surface area contributed by atoms with E-state index < -0.39 is 0 Å². The molecule has 1 aromatic carbocycles. The van der Waals surface area contributed by atoms with Gasteiger partial charge in [0.2, 0.25) is 0 Å². The lowest BCUT2D eigenvalue weighted by Crippen LogP contribution is -2.24. The highest BCUT2D eigenvalue weighted by molar-refractivity contribution is 9.10. The van der Waals surface area contributed by atoms with Gasteiger partial charge in [0.25, 0.3) is 5.56 Å². The number of anilines is 1. The zero-order valence-corrected chi connectivity index (χ0v) is 12.4. The van der Waals surface area contributed by atoms with Crippen LogP contribution in [0.4, 0.5) is 5.69 Å². The Kier molecular flexibility index (Phi) is 4.11. The van der Waals surface area contributed by atoms with Crippen molar-refractivity contribution in [3.8, 4) is 5.75 Å². The molecule has 1 aromatic heterocycles. The molecular weight excluding hydrogens is 334 g/mol. The van der Waals surface area contributed by atoms with E-state index >= 15 is 0 Å². The summed E-state index contributed by atoms with van der Waals surface area (Å²) in [6, 6.07) is 5.51. The van der Waals surface area contributed by atoms with Crippen LogP contribution < -0.4 is 16.0 Å². The number of nitrogens with two attached hydrogens (primary N) is 1. The highest BCUT2D eigenvalue weighted by atomic mass is 79.9. The van der Waals surface area contributed by atoms with Crippen LogP contribution in [-0.2, 0) is 6.54 Å². The van der Waals surface area contributed by atoms with Gasteiger partial charge in [-0.25, -0.2) is 4.98 Å². The number of hydrogen-bond donors (Lipinski definition) is 1. The van der Waals surface area contributed by atoms with Crippen LogP contribution in [0.2, 0.25) is 5.15 Å². The summed E-state index contributed by atoms with van der Waals surface area (Å²) in [5.41, 5.74) is 6.03. The third-order valence-corrected chi connectivity index (χ3v) is 3.69. The Labute approximate surface area is 123 Å². The summed E-state index contributed by atoms with van der Waals surface area (Å²) in [6.07, 6.45) is 1.37. The first-order valence-corrected chi connectivity index (χ1v) is 6.53. The van der Waals surface area contributed by atoms with E-state index in [0.717, 1.165) is 10.0 Å². The normalized spacial score (nSPS) is 10.5. The first kappa shape index (κ1) is 13.9. The number of nitrogens with zero attached hydrogens (tertiary/aromatic N) is 2. The second-order valence-electron chi connectivity index (χ2n) is 3.84. The summed E-state index contributed by atoms with van der Waals surface area (Å²) in [7, 11) is 1.58. The lowest BCUT2D eigenvalue weighted by molar-refractivity contribution is 0.414. The van der Waals surface area contributed by atoms with Gasteiger partial charge in [0.1, 0.15) is 11.4 Å². The highest BCUT2D eigenvalue weighted by Crippen LogP contribution is 2.23. The van der Waals surface area contributed by atoms with Crippen LogP contribution in [0.5, 0.6) is 5.75 Å². The van der Waals surface area contributed by atoms with Crippen molar-refractivity contribution in [2.45, 2.75) is 6.54 Å². The van der Waals surface area contributed by atoms with Gasteiger partial charge in [0.15, 0.2) is 5.15 Å². The molecule has 0 saturated carbocycles. The Morgan fingerprint density at radius 2 is 2.26 bits per heavy atom.